The van der Waals surface area contributed by atoms with Crippen LogP contribution in [0.5, 0.6) is 0 Å². The fourth-order valence-corrected chi connectivity index (χ4v) is 7.28. The highest BCUT2D eigenvalue weighted by Gasteiger charge is 2.48. The summed E-state index contributed by atoms with van der Waals surface area (Å²) in [5.41, 5.74) is 10.8. The van der Waals surface area contributed by atoms with Gasteiger partial charge in [0, 0.05) is 74.1 Å². The van der Waals surface area contributed by atoms with Crippen molar-refractivity contribution in [2.75, 3.05) is 7.11 Å². The van der Waals surface area contributed by atoms with Crippen LogP contribution < -0.4 is 16.0 Å². The molecule has 0 aromatic carbocycles. The van der Waals surface area contributed by atoms with Crippen molar-refractivity contribution in [3.63, 3.8) is 0 Å². The predicted octanol–water partition coefficient (Wildman–Crippen LogP) is 4.23. The average molecular weight is 595 g/mol. The number of H-pyrrole nitrogens is 3. The van der Waals surface area contributed by atoms with Gasteiger partial charge in [-0.25, -0.2) is 0 Å². The number of methoxy groups -OCH3 is 1. The largest absolute Gasteiger partial charge is 0.481 e. The van der Waals surface area contributed by atoms with Gasteiger partial charge in [-0.15, -0.1) is 0 Å². The molecule has 1 fully saturated rings. The van der Waals surface area contributed by atoms with E-state index in [2.05, 4.69) is 46.8 Å². The number of aromatic amines is 3. The van der Waals surface area contributed by atoms with E-state index in [1.807, 2.05) is 39.0 Å². The number of carbonyl (C=O) groups excluding carboxylic acids is 2. The lowest BCUT2D eigenvalue weighted by atomic mass is 9.85. The number of nitrogens with one attached hydrogen (secondary N) is 4. The van der Waals surface area contributed by atoms with Crippen LogP contribution in [0.3, 0.4) is 0 Å². The molecule has 9 nitrogen and oxygen atoms in total. The number of hydrogen-bond donors (Lipinski definition) is 5. The number of carbonyl (C=O) groups is 3. The van der Waals surface area contributed by atoms with Crippen LogP contribution in [0.1, 0.15) is 87.6 Å². The van der Waals surface area contributed by atoms with E-state index in [0.29, 0.717) is 28.9 Å². The van der Waals surface area contributed by atoms with E-state index in [-0.39, 0.29) is 24.0 Å². The quantitative estimate of drug-likeness (QED) is 0.214. The van der Waals surface area contributed by atoms with Crippen molar-refractivity contribution in [1.29, 1.82) is 0 Å². The number of carboxylic acid groups (broad SMARTS) is 1. The Labute approximate surface area is 255 Å². The summed E-state index contributed by atoms with van der Waals surface area (Å²) in [7, 11) is 1.28. The zero-order chi connectivity index (χ0) is 31.6. The molecule has 1 aliphatic carbocycles. The van der Waals surface area contributed by atoms with Gasteiger partial charge in [0.1, 0.15) is 5.92 Å². The molecule has 0 radical (unpaired) electrons. The topological polar surface area (TPSA) is 140 Å². The van der Waals surface area contributed by atoms with E-state index in [4.69, 9.17) is 4.74 Å². The smallest absolute Gasteiger partial charge is 0.321 e. The minimum Gasteiger partial charge on any atom is -0.481 e. The van der Waals surface area contributed by atoms with Crippen molar-refractivity contribution < 1.29 is 24.2 Å². The van der Waals surface area contributed by atoms with E-state index < -0.39 is 17.9 Å². The first kappa shape index (κ1) is 29.3. The van der Waals surface area contributed by atoms with Gasteiger partial charge in [-0.05, 0) is 74.1 Å². The maximum atomic E-state index is 14.0. The Bertz CT molecular complexity index is 1960. The van der Waals surface area contributed by atoms with Crippen LogP contribution >= 0.6 is 0 Å². The molecular weight excluding hydrogens is 556 g/mol. The number of carboxylic acids is 1. The number of ketones is 1. The molecular formula is C35H38N4O5. The zero-order valence-corrected chi connectivity index (χ0v) is 26.0. The fraction of sp³-hybridized carbons (Fsp3) is 0.343. The second-order valence-electron chi connectivity index (χ2n) is 12.0. The number of allylic oxidation sites excluding steroid dienone is 2. The Hall–Kier alpha value is -4.79. The Morgan fingerprint density at radius 1 is 1.00 bits per heavy atom. The molecule has 2 aliphatic heterocycles. The monoisotopic (exact) mass is 594 g/mol. The number of aliphatic carboxylic acids is 1. The van der Waals surface area contributed by atoms with Crippen molar-refractivity contribution in [2.24, 2.45) is 17.8 Å². The Kier molecular flexibility index (Phi) is 7.14. The highest BCUT2D eigenvalue weighted by atomic mass is 16.5. The molecule has 0 unspecified atom stereocenters. The van der Waals surface area contributed by atoms with Gasteiger partial charge in [-0.3, -0.25) is 14.4 Å². The van der Waals surface area contributed by atoms with Crippen LogP contribution in [0.25, 0.3) is 29.9 Å². The highest BCUT2D eigenvalue weighted by molar-refractivity contribution is 6.24. The van der Waals surface area contributed by atoms with Gasteiger partial charge >= 0.3 is 11.9 Å². The summed E-state index contributed by atoms with van der Waals surface area (Å²) in [4.78, 5) is 49.7. The summed E-state index contributed by atoms with van der Waals surface area (Å²) in [5.74, 6) is -3.40. The van der Waals surface area contributed by atoms with E-state index in [1.165, 1.54) is 12.7 Å². The van der Waals surface area contributed by atoms with E-state index in [9.17, 15) is 19.5 Å². The molecule has 1 saturated heterocycles. The van der Waals surface area contributed by atoms with Gasteiger partial charge < -0.3 is 30.1 Å². The van der Waals surface area contributed by atoms with Crippen molar-refractivity contribution in [3.05, 3.63) is 84.8 Å². The molecule has 3 aliphatic rings. The lowest BCUT2D eigenvalue weighted by Gasteiger charge is -2.19. The molecule has 3 aromatic heterocycles. The molecule has 5 heterocycles. The number of ether oxygens (including phenoxy) is 1. The predicted molar refractivity (Wildman–Crippen MR) is 170 cm³/mol. The molecule has 0 saturated carbocycles. The molecule has 44 heavy (non-hydrogen) atoms. The third-order valence-electron chi connectivity index (χ3n) is 9.75. The Morgan fingerprint density at radius 2 is 1.70 bits per heavy atom. The van der Waals surface area contributed by atoms with Crippen molar-refractivity contribution in [1.82, 2.24) is 20.3 Å². The van der Waals surface area contributed by atoms with Crippen LogP contribution in [0.4, 0.5) is 0 Å². The number of fused-ring (bicyclic) bond motifs is 7. The van der Waals surface area contributed by atoms with E-state index in [1.54, 1.807) is 0 Å². The fourth-order valence-electron chi connectivity index (χ4n) is 7.28. The minimum absolute atomic E-state index is 0.0530. The summed E-state index contributed by atoms with van der Waals surface area (Å²) in [6.07, 6.45) is 9.13. The molecule has 0 spiro atoms. The summed E-state index contributed by atoms with van der Waals surface area (Å²) < 4.78 is 5.15. The first-order chi connectivity index (χ1) is 21.0. The van der Waals surface area contributed by atoms with Gasteiger partial charge in [-0.1, -0.05) is 26.5 Å². The first-order valence-corrected chi connectivity index (χ1v) is 15.1. The second-order valence-corrected chi connectivity index (χ2v) is 12.0. The third kappa shape index (κ3) is 4.32. The standard InChI is InChI=1S/C35H38N4O5/c1-8-19-15(3)22-12-24-17(5)21(10-11-28(40)41)32(38-24)30-31(35(43)44-7)34(42)29-18(6)25(39-33(29)30)14-27-20(9-2)16(4)23(37-27)13-26(19)36-22/h8,12-14,17,21,31,36-39H,1,9-11H2,2-7H3,(H,40,41)/t17-,21-,31+/m0/s1. The summed E-state index contributed by atoms with van der Waals surface area (Å²) >= 11 is 0. The zero-order valence-electron chi connectivity index (χ0n) is 26.0. The van der Waals surface area contributed by atoms with Crippen LogP contribution in [-0.2, 0) is 20.7 Å². The maximum absolute atomic E-state index is 14.0. The lowest BCUT2D eigenvalue weighted by molar-refractivity contribution is -0.142. The number of esters is 1. The van der Waals surface area contributed by atoms with Crippen LogP contribution in [-0.4, -0.2) is 44.9 Å². The van der Waals surface area contributed by atoms with E-state index in [0.717, 1.165) is 62.2 Å². The van der Waals surface area contributed by atoms with Gasteiger partial charge in [0.25, 0.3) is 0 Å². The number of Topliss-reactive ketones (excluding diaryl/α,β-unsaturated/α-hetero) is 1. The molecule has 3 atom stereocenters. The number of rotatable bonds is 6. The first-order valence-electron chi connectivity index (χ1n) is 15.1. The molecule has 3 aromatic rings. The van der Waals surface area contributed by atoms with Crippen molar-refractivity contribution >= 4 is 47.6 Å². The molecule has 9 heteroatoms. The molecule has 6 rings (SSSR count). The molecule has 8 bridgehead atoms. The van der Waals surface area contributed by atoms with E-state index >= 15 is 0 Å². The van der Waals surface area contributed by atoms with Crippen LogP contribution in [0.2, 0.25) is 0 Å². The number of aromatic nitrogens is 3. The second kappa shape index (κ2) is 10.7. The van der Waals surface area contributed by atoms with Crippen LogP contribution in [0.15, 0.2) is 18.0 Å². The third-order valence-corrected chi connectivity index (χ3v) is 9.75. The lowest BCUT2D eigenvalue weighted by Crippen LogP contribution is -2.25. The molecule has 5 N–H and O–H groups in total. The minimum atomic E-state index is -1.15. The maximum Gasteiger partial charge on any atom is 0.321 e. The van der Waals surface area contributed by atoms with Gasteiger partial charge in [-0.2, -0.15) is 0 Å². The Morgan fingerprint density at radius 3 is 2.36 bits per heavy atom. The summed E-state index contributed by atoms with van der Waals surface area (Å²) in [6.45, 7) is 14.3. The van der Waals surface area contributed by atoms with Crippen molar-refractivity contribution in [2.45, 2.75) is 53.9 Å². The van der Waals surface area contributed by atoms with Crippen LogP contribution in [0, 0.1) is 38.5 Å². The Balaban J connectivity index is 1.73. The van der Waals surface area contributed by atoms with Gasteiger partial charge in [0.05, 0.1) is 12.8 Å². The van der Waals surface area contributed by atoms with Gasteiger partial charge in [0.15, 0.2) is 5.78 Å². The van der Waals surface area contributed by atoms with Crippen molar-refractivity contribution in [3.8, 4) is 0 Å². The summed E-state index contributed by atoms with van der Waals surface area (Å²) in [5, 5.41) is 15.1. The molecule has 0 amide bonds. The summed E-state index contributed by atoms with van der Waals surface area (Å²) in [6, 6.07) is 0. The number of hydrogen-bond acceptors (Lipinski definition) is 5. The normalized spacial score (nSPS) is 20.2. The molecule has 228 valence electrons. The van der Waals surface area contributed by atoms with Gasteiger partial charge in [0.2, 0.25) is 0 Å². The average Bonchev–Trinajstić information content (AvgIpc) is 3.72. The highest BCUT2D eigenvalue weighted by Crippen LogP contribution is 2.48. The SMILES string of the molecule is C=Cc1c2[nH]c(c1C)C=C1NC(=C3c4[nH]c(c(C)c4C(=O)[C@@H]3C(=O)OC)C=c3[nH]c(c(C)c3CC)=C2)[C@@H](CCC(=O)O)[C@@H]1C.